The van der Waals surface area contributed by atoms with Crippen LogP contribution in [-0.4, -0.2) is 28.5 Å². The Morgan fingerprint density at radius 3 is 2.46 bits per heavy atom. The van der Waals surface area contributed by atoms with Gasteiger partial charge in [-0.2, -0.15) is 0 Å². The number of amides is 1. The summed E-state index contributed by atoms with van der Waals surface area (Å²) in [5.41, 5.74) is 2.73. The first-order valence-corrected chi connectivity index (χ1v) is 8.81. The highest BCUT2D eigenvalue weighted by Gasteiger charge is 2.14. The molecule has 3 aromatic rings. The Balaban J connectivity index is 1.80. The van der Waals surface area contributed by atoms with Crippen molar-refractivity contribution in [3.8, 4) is 0 Å². The first kappa shape index (κ1) is 19.0. The maximum atomic E-state index is 12.5. The number of ether oxygens (including phenoxy) is 1. The molecule has 2 aromatic carbocycles. The molecule has 0 fully saturated rings. The van der Waals surface area contributed by atoms with Gasteiger partial charge in [-0.15, -0.1) is 0 Å². The second-order valence-electron chi connectivity index (χ2n) is 5.93. The molecule has 0 bridgehead atoms. The number of rotatable bonds is 6. The van der Waals surface area contributed by atoms with Crippen molar-refractivity contribution < 1.29 is 14.3 Å². The van der Waals surface area contributed by atoms with E-state index in [2.05, 4.69) is 20.6 Å². The summed E-state index contributed by atoms with van der Waals surface area (Å²) in [4.78, 5) is 33.0. The van der Waals surface area contributed by atoms with Gasteiger partial charge in [0.1, 0.15) is 5.69 Å². The minimum atomic E-state index is -0.445. The van der Waals surface area contributed by atoms with Gasteiger partial charge >= 0.3 is 5.97 Å². The maximum absolute atomic E-state index is 12.5. The first-order chi connectivity index (χ1) is 13.6. The van der Waals surface area contributed by atoms with Gasteiger partial charge in [-0.25, -0.2) is 14.8 Å². The second kappa shape index (κ2) is 8.77. The fourth-order valence-electron chi connectivity index (χ4n) is 2.54. The fraction of sp³-hybridized carbons (Fsp3) is 0.143. The van der Waals surface area contributed by atoms with E-state index < -0.39 is 5.97 Å². The van der Waals surface area contributed by atoms with Gasteiger partial charge in [-0.05, 0) is 43.7 Å². The van der Waals surface area contributed by atoms with Crippen molar-refractivity contribution in [1.82, 2.24) is 9.97 Å². The number of hydrogen-bond acceptors (Lipinski definition) is 6. The van der Waals surface area contributed by atoms with Gasteiger partial charge in [-0.1, -0.05) is 30.3 Å². The highest BCUT2D eigenvalue weighted by Crippen LogP contribution is 2.20. The Bertz CT molecular complexity index is 1000. The van der Waals surface area contributed by atoms with E-state index in [9.17, 15) is 9.59 Å². The molecule has 0 atom stereocenters. The number of benzene rings is 2. The highest BCUT2D eigenvalue weighted by molar-refractivity contribution is 6.03. The smallest absolute Gasteiger partial charge is 0.340 e. The number of aryl methyl sites for hydroxylation is 1. The van der Waals surface area contributed by atoms with Crippen LogP contribution in [0.3, 0.4) is 0 Å². The Labute approximate surface area is 162 Å². The van der Waals surface area contributed by atoms with Gasteiger partial charge in [-0.3, -0.25) is 4.79 Å². The lowest BCUT2D eigenvalue weighted by Gasteiger charge is -2.11. The summed E-state index contributed by atoms with van der Waals surface area (Å²) in [5, 5.41) is 5.81. The zero-order valence-electron chi connectivity index (χ0n) is 15.6. The van der Waals surface area contributed by atoms with Crippen molar-refractivity contribution in [3.05, 3.63) is 77.6 Å². The fourth-order valence-corrected chi connectivity index (χ4v) is 2.54. The lowest BCUT2D eigenvalue weighted by molar-refractivity contribution is 0.0527. The van der Waals surface area contributed by atoms with Gasteiger partial charge in [0, 0.05) is 11.9 Å². The Morgan fingerprint density at radius 2 is 1.71 bits per heavy atom. The van der Waals surface area contributed by atoms with Crippen LogP contribution in [0.2, 0.25) is 0 Å². The number of carbonyl (C=O) groups excluding carboxylic acids is 2. The van der Waals surface area contributed by atoms with Crippen LogP contribution in [0.25, 0.3) is 0 Å². The quantitative estimate of drug-likeness (QED) is 0.633. The molecule has 0 radical (unpaired) electrons. The molecular weight excluding hydrogens is 356 g/mol. The Morgan fingerprint density at radius 1 is 1.00 bits per heavy atom. The zero-order chi connectivity index (χ0) is 19.9. The number of carbonyl (C=O) groups is 2. The topological polar surface area (TPSA) is 93.2 Å². The number of aromatic nitrogens is 2. The van der Waals surface area contributed by atoms with Crippen LogP contribution in [0, 0.1) is 6.92 Å². The third-order valence-electron chi connectivity index (χ3n) is 3.95. The van der Waals surface area contributed by atoms with Gasteiger partial charge < -0.3 is 15.4 Å². The molecule has 0 unspecified atom stereocenters. The molecule has 142 valence electrons. The number of para-hydroxylation sites is 2. The summed E-state index contributed by atoms with van der Waals surface area (Å²) in [6.07, 6.45) is 1.48. The molecular formula is C21H20N4O3. The van der Waals surface area contributed by atoms with E-state index >= 15 is 0 Å². The van der Waals surface area contributed by atoms with E-state index in [0.29, 0.717) is 16.9 Å². The van der Waals surface area contributed by atoms with Gasteiger partial charge in [0.15, 0.2) is 0 Å². The molecule has 28 heavy (non-hydrogen) atoms. The van der Waals surface area contributed by atoms with Crippen molar-refractivity contribution in [2.75, 3.05) is 17.2 Å². The molecule has 0 saturated heterocycles. The molecule has 0 aliphatic heterocycles. The third-order valence-corrected chi connectivity index (χ3v) is 3.95. The van der Waals surface area contributed by atoms with E-state index in [-0.39, 0.29) is 24.2 Å². The Kier molecular flexibility index (Phi) is 5.96. The molecule has 2 N–H and O–H groups in total. The van der Waals surface area contributed by atoms with Crippen LogP contribution in [0.5, 0.6) is 0 Å². The van der Waals surface area contributed by atoms with Crippen LogP contribution in [0.1, 0.15) is 33.3 Å². The molecule has 3 rings (SSSR count). The normalized spacial score (nSPS) is 10.2. The van der Waals surface area contributed by atoms with E-state index in [1.165, 1.54) is 12.3 Å². The summed E-state index contributed by atoms with van der Waals surface area (Å²) < 4.78 is 5.06. The highest BCUT2D eigenvalue weighted by atomic mass is 16.5. The maximum Gasteiger partial charge on any atom is 0.340 e. The van der Waals surface area contributed by atoms with E-state index in [4.69, 9.17) is 4.74 Å². The van der Waals surface area contributed by atoms with Gasteiger partial charge in [0.25, 0.3) is 5.91 Å². The molecule has 1 aromatic heterocycles. The van der Waals surface area contributed by atoms with Crippen molar-refractivity contribution in [2.45, 2.75) is 13.8 Å². The van der Waals surface area contributed by atoms with Crippen molar-refractivity contribution in [3.63, 3.8) is 0 Å². The van der Waals surface area contributed by atoms with Crippen molar-refractivity contribution in [1.29, 1.82) is 0 Å². The lowest BCUT2D eigenvalue weighted by atomic mass is 10.2. The number of nitrogens with zero attached hydrogens (tertiary/aromatic N) is 2. The van der Waals surface area contributed by atoms with E-state index in [1.807, 2.05) is 31.2 Å². The molecule has 0 aliphatic rings. The van der Waals surface area contributed by atoms with Crippen LogP contribution in [-0.2, 0) is 4.74 Å². The molecule has 0 saturated carbocycles. The van der Waals surface area contributed by atoms with Crippen molar-refractivity contribution >= 4 is 29.2 Å². The molecule has 1 amide bonds. The first-order valence-electron chi connectivity index (χ1n) is 8.81. The predicted octanol–water partition coefficient (Wildman–Crippen LogP) is 3.96. The molecule has 7 heteroatoms. The van der Waals surface area contributed by atoms with Gasteiger partial charge in [0.2, 0.25) is 5.95 Å². The largest absolute Gasteiger partial charge is 0.462 e. The lowest BCUT2D eigenvalue weighted by Crippen LogP contribution is -2.15. The molecule has 0 aliphatic carbocycles. The van der Waals surface area contributed by atoms with Gasteiger partial charge in [0.05, 0.1) is 17.9 Å². The summed E-state index contributed by atoms with van der Waals surface area (Å²) in [5.74, 6) is -0.591. The van der Waals surface area contributed by atoms with E-state index in [1.54, 1.807) is 31.2 Å². The number of nitrogens with one attached hydrogen (secondary N) is 2. The summed E-state index contributed by atoms with van der Waals surface area (Å²) in [6.45, 7) is 3.93. The summed E-state index contributed by atoms with van der Waals surface area (Å²) in [7, 11) is 0. The van der Waals surface area contributed by atoms with Crippen molar-refractivity contribution in [2.24, 2.45) is 0 Å². The third kappa shape index (κ3) is 4.50. The summed E-state index contributed by atoms with van der Waals surface area (Å²) in [6, 6.07) is 15.9. The number of hydrogen-bond donors (Lipinski definition) is 2. The predicted molar refractivity (Wildman–Crippen MR) is 107 cm³/mol. The molecule has 0 spiro atoms. The standard InChI is InChI=1S/C21H20N4O3/c1-3-28-20(27)15-9-5-7-11-17(15)24-21-22-13-12-18(25-21)19(26)23-16-10-6-4-8-14(16)2/h4-13H,3H2,1-2H3,(H,23,26)(H,22,24,25). The average Bonchev–Trinajstić information content (AvgIpc) is 2.70. The van der Waals surface area contributed by atoms with Crippen LogP contribution < -0.4 is 10.6 Å². The Hall–Kier alpha value is -3.74. The minimum Gasteiger partial charge on any atom is -0.462 e. The molecule has 7 nitrogen and oxygen atoms in total. The zero-order valence-corrected chi connectivity index (χ0v) is 15.6. The SMILES string of the molecule is CCOC(=O)c1ccccc1Nc1nccc(C(=O)Nc2ccccc2C)n1. The summed E-state index contributed by atoms with van der Waals surface area (Å²) >= 11 is 0. The monoisotopic (exact) mass is 376 g/mol. The minimum absolute atomic E-state index is 0.203. The molecule has 1 heterocycles. The van der Waals surface area contributed by atoms with Crippen LogP contribution in [0.4, 0.5) is 17.3 Å². The van der Waals surface area contributed by atoms with Crippen LogP contribution >= 0.6 is 0 Å². The van der Waals surface area contributed by atoms with Crippen LogP contribution in [0.15, 0.2) is 60.8 Å². The number of esters is 1. The average molecular weight is 376 g/mol. The second-order valence-corrected chi connectivity index (χ2v) is 5.93. The van der Waals surface area contributed by atoms with E-state index in [0.717, 1.165) is 5.56 Å². The number of anilines is 3.